The number of halogens is 2. The van der Waals surface area contributed by atoms with Crippen LogP contribution >= 0.6 is 27.5 Å². The molecular weight excluding hydrogens is 298 g/mol. The minimum atomic E-state index is 0.830. The van der Waals surface area contributed by atoms with Crippen molar-refractivity contribution in [3.8, 4) is 0 Å². The van der Waals surface area contributed by atoms with Gasteiger partial charge in [0.25, 0.3) is 0 Å². The summed E-state index contributed by atoms with van der Waals surface area (Å²) in [5.41, 5.74) is 2.62. The lowest BCUT2D eigenvalue weighted by atomic mass is 9.85. The number of rotatable bonds is 5. The van der Waals surface area contributed by atoms with Crippen LogP contribution in [0.15, 0.2) is 18.2 Å². The molecule has 0 heterocycles. The maximum atomic E-state index is 6.12. The monoisotopic (exact) mass is 315 g/mol. The van der Waals surface area contributed by atoms with Crippen LogP contribution in [-0.4, -0.2) is 13.1 Å². The summed E-state index contributed by atoms with van der Waals surface area (Å²) in [6, 6.07) is 6.19. The fraction of sp³-hybridized carbons (Fsp3) is 0.571. The second-order valence-electron chi connectivity index (χ2n) is 4.74. The van der Waals surface area contributed by atoms with Crippen LogP contribution in [0, 0.1) is 5.92 Å². The first kappa shape index (κ1) is 13.2. The number of hydrogen-bond donors (Lipinski definition) is 0. The van der Waals surface area contributed by atoms with Crippen molar-refractivity contribution in [3.05, 3.63) is 28.8 Å². The highest BCUT2D eigenvalue weighted by atomic mass is 79.9. The van der Waals surface area contributed by atoms with Crippen molar-refractivity contribution in [2.45, 2.75) is 31.5 Å². The molecule has 0 atom stereocenters. The third kappa shape index (κ3) is 3.17. The summed E-state index contributed by atoms with van der Waals surface area (Å²) in [7, 11) is 0. The zero-order chi connectivity index (χ0) is 12.3. The minimum absolute atomic E-state index is 0.830. The Morgan fingerprint density at radius 1 is 1.41 bits per heavy atom. The lowest BCUT2D eigenvalue weighted by Crippen LogP contribution is -2.33. The number of nitrogens with zero attached hydrogens (tertiary/aromatic N) is 1. The first-order valence-corrected chi connectivity index (χ1v) is 7.84. The third-order valence-electron chi connectivity index (χ3n) is 3.62. The molecule has 1 aromatic carbocycles. The Kier molecular flexibility index (Phi) is 4.75. The Hall–Kier alpha value is -0.210. The van der Waals surface area contributed by atoms with E-state index in [1.54, 1.807) is 0 Å². The fourth-order valence-corrected chi connectivity index (χ4v) is 2.97. The van der Waals surface area contributed by atoms with E-state index in [0.29, 0.717) is 0 Å². The van der Waals surface area contributed by atoms with E-state index in [0.717, 1.165) is 22.8 Å². The molecule has 3 heteroatoms. The number of alkyl halides is 1. The molecule has 0 saturated heterocycles. The normalized spacial score (nSPS) is 15.7. The first-order valence-electron chi connectivity index (χ1n) is 6.34. The summed E-state index contributed by atoms with van der Waals surface area (Å²) in [6.07, 6.45) is 4.19. The van der Waals surface area contributed by atoms with Crippen LogP contribution in [0.4, 0.5) is 5.69 Å². The standard InChI is InChI=1S/C14H19BrClN/c1-2-17(10-11-4-3-5-11)14-8-13(16)7-6-12(14)9-15/h6-8,11H,2-5,9-10H2,1H3. The molecule has 1 saturated carbocycles. The number of anilines is 1. The van der Waals surface area contributed by atoms with E-state index in [1.807, 2.05) is 6.07 Å². The second-order valence-corrected chi connectivity index (χ2v) is 5.74. The molecule has 1 aliphatic carbocycles. The van der Waals surface area contributed by atoms with Crippen molar-refractivity contribution in [1.82, 2.24) is 0 Å². The third-order valence-corrected chi connectivity index (χ3v) is 4.46. The van der Waals surface area contributed by atoms with Crippen LogP contribution in [0.25, 0.3) is 0 Å². The van der Waals surface area contributed by atoms with Gasteiger partial charge in [0.2, 0.25) is 0 Å². The van der Waals surface area contributed by atoms with Crippen LogP contribution in [0.2, 0.25) is 5.02 Å². The molecule has 0 spiro atoms. The van der Waals surface area contributed by atoms with E-state index in [-0.39, 0.29) is 0 Å². The fourth-order valence-electron chi connectivity index (χ4n) is 2.33. The minimum Gasteiger partial charge on any atom is -0.371 e. The highest BCUT2D eigenvalue weighted by Crippen LogP contribution is 2.32. The van der Waals surface area contributed by atoms with Gasteiger partial charge in [-0.3, -0.25) is 0 Å². The van der Waals surface area contributed by atoms with Gasteiger partial charge < -0.3 is 4.90 Å². The van der Waals surface area contributed by atoms with Gasteiger partial charge in [0, 0.05) is 29.1 Å². The molecule has 1 aliphatic rings. The SMILES string of the molecule is CCN(CC1CCC1)c1cc(Cl)ccc1CBr. The van der Waals surface area contributed by atoms with Crippen molar-refractivity contribution in [2.75, 3.05) is 18.0 Å². The molecule has 17 heavy (non-hydrogen) atoms. The van der Waals surface area contributed by atoms with Gasteiger partial charge in [-0.1, -0.05) is 40.0 Å². The van der Waals surface area contributed by atoms with Crippen molar-refractivity contribution in [3.63, 3.8) is 0 Å². The molecule has 0 unspecified atom stereocenters. The van der Waals surface area contributed by atoms with E-state index < -0.39 is 0 Å². The van der Waals surface area contributed by atoms with Crippen LogP contribution in [0.5, 0.6) is 0 Å². The Balaban J connectivity index is 2.18. The van der Waals surface area contributed by atoms with Crippen molar-refractivity contribution in [2.24, 2.45) is 5.92 Å². The molecule has 94 valence electrons. The average molecular weight is 317 g/mol. The van der Waals surface area contributed by atoms with Crippen LogP contribution < -0.4 is 4.90 Å². The van der Waals surface area contributed by atoms with Crippen LogP contribution in [0.1, 0.15) is 31.7 Å². The summed E-state index contributed by atoms with van der Waals surface area (Å²) in [5, 5.41) is 1.72. The van der Waals surface area contributed by atoms with E-state index >= 15 is 0 Å². The summed E-state index contributed by atoms with van der Waals surface area (Å²) in [6.45, 7) is 4.45. The van der Waals surface area contributed by atoms with Crippen LogP contribution in [-0.2, 0) is 5.33 Å². The Bertz CT molecular complexity index is 376. The van der Waals surface area contributed by atoms with Gasteiger partial charge in [-0.25, -0.2) is 0 Å². The second kappa shape index (κ2) is 6.10. The molecule has 2 rings (SSSR count). The van der Waals surface area contributed by atoms with E-state index in [1.165, 1.54) is 37.1 Å². The molecule has 1 aromatic rings. The van der Waals surface area contributed by atoms with Crippen LogP contribution in [0.3, 0.4) is 0 Å². The lowest BCUT2D eigenvalue weighted by molar-refractivity contribution is 0.318. The van der Waals surface area contributed by atoms with Gasteiger partial charge in [-0.15, -0.1) is 0 Å². The summed E-state index contributed by atoms with van der Waals surface area (Å²) < 4.78 is 0. The summed E-state index contributed by atoms with van der Waals surface area (Å²) in [5.74, 6) is 0.886. The molecular formula is C14H19BrClN. The first-order chi connectivity index (χ1) is 8.24. The maximum absolute atomic E-state index is 6.12. The topological polar surface area (TPSA) is 3.24 Å². The van der Waals surface area contributed by atoms with Gasteiger partial charge in [0.15, 0.2) is 0 Å². The molecule has 0 aromatic heterocycles. The van der Waals surface area contributed by atoms with E-state index in [4.69, 9.17) is 11.6 Å². The highest BCUT2D eigenvalue weighted by molar-refractivity contribution is 9.08. The summed E-state index contributed by atoms with van der Waals surface area (Å²) in [4.78, 5) is 2.46. The molecule has 1 fully saturated rings. The smallest absolute Gasteiger partial charge is 0.0426 e. The maximum Gasteiger partial charge on any atom is 0.0426 e. The predicted molar refractivity (Wildman–Crippen MR) is 79.3 cm³/mol. The van der Waals surface area contributed by atoms with Gasteiger partial charge in [0.1, 0.15) is 0 Å². The molecule has 0 radical (unpaired) electrons. The zero-order valence-electron chi connectivity index (χ0n) is 10.3. The molecule has 0 amide bonds. The van der Waals surface area contributed by atoms with Crippen molar-refractivity contribution in [1.29, 1.82) is 0 Å². The molecule has 0 N–H and O–H groups in total. The lowest BCUT2D eigenvalue weighted by Gasteiger charge is -2.34. The molecule has 1 nitrogen and oxygen atoms in total. The van der Waals surface area contributed by atoms with Crippen molar-refractivity contribution >= 4 is 33.2 Å². The predicted octanol–water partition coefficient (Wildman–Crippen LogP) is 4.86. The largest absolute Gasteiger partial charge is 0.371 e. The van der Waals surface area contributed by atoms with Gasteiger partial charge >= 0.3 is 0 Å². The quantitative estimate of drug-likeness (QED) is 0.701. The van der Waals surface area contributed by atoms with E-state index in [2.05, 4.69) is 39.9 Å². The number of hydrogen-bond acceptors (Lipinski definition) is 1. The average Bonchev–Trinajstić information content (AvgIpc) is 2.28. The molecule has 0 bridgehead atoms. The summed E-state index contributed by atoms with van der Waals surface area (Å²) >= 11 is 9.68. The Labute approximate surface area is 117 Å². The molecule has 0 aliphatic heterocycles. The van der Waals surface area contributed by atoms with Gasteiger partial charge in [-0.05, 0) is 43.4 Å². The highest BCUT2D eigenvalue weighted by Gasteiger charge is 2.21. The Morgan fingerprint density at radius 3 is 2.71 bits per heavy atom. The van der Waals surface area contributed by atoms with E-state index in [9.17, 15) is 0 Å². The zero-order valence-corrected chi connectivity index (χ0v) is 12.6. The van der Waals surface area contributed by atoms with Gasteiger partial charge in [0.05, 0.1) is 0 Å². The number of benzene rings is 1. The Morgan fingerprint density at radius 2 is 2.18 bits per heavy atom. The van der Waals surface area contributed by atoms with Crippen molar-refractivity contribution < 1.29 is 0 Å². The van der Waals surface area contributed by atoms with Gasteiger partial charge in [-0.2, -0.15) is 0 Å².